The topological polar surface area (TPSA) is 37.8 Å². The molecule has 5 heteroatoms. The Morgan fingerprint density at radius 2 is 2.31 bits per heavy atom. The van der Waals surface area contributed by atoms with Gasteiger partial charge in [0, 0.05) is 12.4 Å². The van der Waals surface area contributed by atoms with Crippen molar-refractivity contribution in [1.82, 2.24) is 9.97 Å². The third-order valence-corrected chi connectivity index (χ3v) is 4.13. The summed E-state index contributed by atoms with van der Waals surface area (Å²) in [5, 5.41) is 7.37. The molecule has 0 aliphatic heterocycles. The van der Waals surface area contributed by atoms with Crippen LogP contribution in [0.5, 0.6) is 0 Å². The summed E-state index contributed by atoms with van der Waals surface area (Å²) in [5.41, 5.74) is 0. The highest BCUT2D eigenvalue weighted by molar-refractivity contribution is 7.99. The molecule has 2 heterocycles. The van der Waals surface area contributed by atoms with Crippen molar-refractivity contribution >= 4 is 39.3 Å². The number of anilines is 1. The van der Waals surface area contributed by atoms with Gasteiger partial charge in [0.05, 0.1) is 0 Å². The van der Waals surface area contributed by atoms with Gasteiger partial charge in [0.25, 0.3) is 0 Å². The zero-order chi connectivity index (χ0) is 11.4. The Labute approximate surface area is 104 Å². The molecule has 1 N–H and O–H groups in total. The van der Waals surface area contributed by atoms with Gasteiger partial charge in [-0.3, -0.25) is 0 Å². The molecule has 0 fully saturated rings. The van der Waals surface area contributed by atoms with Gasteiger partial charge < -0.3 is 5.32 Å². The lowest BCUT2D eigenvalue weighted by atomic mass is 10.4. The predicted molar refractivity (Wildman–Crippen MR) is 72.6 cm³/mol. The van der Waals surface area contributed by atoms with Gasteiger partial charge in [0.2, 0.25) is 5.95 Å². The molecular weight excluding hydrogens is 238 g/mol. The molecule has 2 aromatic rings. The van der Waals surface area contributed by atoms with Crippen LogP contribution in [0.4, 0.5) is 5.95 Å². The maximum atomic E-state index is 4.51. The van der Waals surface area contributed by atoms with Gasteiger partial charge in [0.15, 0.2) is 0 Å². The lowest BCUT2D eigenvalue weighted by Gasteiger charge is -2.04. The van der Waals surface area contributed by atoms with Crippen molar-refractivity contribution < 1.29 is 0 Å². The van der Waals surface area contributed by atoms with Crippen LogP contribution in [0.25, 0.3) is 10.2 Å². The molecule has 0 saturated heterocycles. The molecule has 0 atom stereocenters. The zero-order valence-electron chi connectivity index (χ0n) is 9.49. The molecular formula is C11H15N3S2. The molecule has 0 bridgehead atoms. The average molecular weight is 253 g/mol. The number of fused-ring (bicyclic) bond motifs is 1. The van der Waals surface area contributed by atoms with Crippen LogP contribution in [0.3, 0.4) is 0 Å². The van der Waals surface area contributed by atoms with Crippen LogP contribution in [-0.2, 0) is 0 Å². The van der Waals surface area contributed by atoms with Crippen LogP contribution in [0, 0.1) is 0 Å². The van der Waals surface area contributed by atoms with Crippen molar-refractivity contribution in [3.05, 3.63) is 11.4 Å². The Bertz CT molecular complexity index is 467. The Morgan fingerprint density at radius 1 is 1.44 bits per heavy atom. The summed E-state index contributed by atoms with van der Waals surface area (Å²) in [4.78, 5) is 10.0. The summed E-state index contributed by atoms with van der Waals surface area (Å²) >= 11 is 3.49. The van der Waals surface area contributed by atoms with Gasteiger partial charge >= 0.3 is 0 Å². The number of aromatic nitrogens is 2. The number of thioether (sulfide) groups is 1. The van der Waals surface area contributed by atoms with E-state index in [0.717, 1.165) is 15.6 Å². The van der Waals surface area contributed by atoms with Gasteiger partial charge in [-0.15, -0.1) is 23.1 Å². The lowest BCUT2D eigenvalue weighted by Crippen LogP contribution is -1.97. The number of nitrogens with one attached hydrogen (secondary N) is 1. The van der Waals surface area contributed by atoms with Crippen molar-refractivity contribution in [2.24, 2.45) is 0 Å². The van der Waals surface area contributed by atoms with Crippen LogP contribution < -0.4 is 5.32 Å². The van der Waals surface area contributed by atoms with E-state index in [0.29, 0.717) is 5.95 Å². The van der Waals surface area contributed by atoms with Crippen LogP contribution in [-0.4, -0.2) is 22.8 Å². The molecule has 0 amide bonds. The fraction of sp³-hybridized carbons (Fsp3) is 0.455. The first-order valence-electron chi connectivity index (χ1n) is 5.41. The summed E-state index contributed by atoms with van der Waals surface area (Å²) in [5.74, 6) is 1.84. The molecule has 86 valence electrons. The SMILES string of the molecule is CCCCSc1nc(NC)nc2sccc12. The van der Waals surface area contributed by atoms with Crippen LogP contribution >= 0.6 is 23.1 Å². The van der Waals surface area contributed by atoms with Crippen molar-refractivity contribution in [3.8, 4) is 0 Å². The summed E-state index contributed by atoms with van der Waals surface area (Å²) in [6.45, 7) is 2.21. The lowest BCUT2D eigenvalue weighted by molar-refractivity contribution is 0.895. The van der Waals surface area contributed by atoms with Crippen molar-refractivity contribution in [2.75, 3.05) is 18.1 Å². The van der Waals surface area contributed by atoms with E-state index in [1.54, 1.807) is 11.3 Å². The fourth-order valence-electron chi connectivity index (χ4n) is 1.36. The monoisotopic (exact) mass is 253 g/mol. The minimum atomic E-state index is 0.717. The molecule has 0 aliphatic carbocycles. The van der Waals surface area contributed by atoms with Crippen molar-refractivity contribution in [2.45, 2.75) is 24.8 Å². The number of rotatable bonds is 5. The summed E-state index contributed by atoms with van der Waals surface area (Å²) in [6, 6.07) is 2.10. The molecule has 0 aliphatic rings. The molecule has 0 aromatic carbocycles. The number of hydrogen-bond donors (Lipinski definition) is 1. The quantitative estimate of drug-likeness (QED) is 0.502. The van der Waals surface area contributed by atoms with Gasteiger partial charge in [-0.25, -0.2) is 9.97 Å². The van der Waals surface area contributed by atoms with Gasteiger partial charge in [-0.2, -0.15) is 0 Å². The van der Waals surface area contributed by atoms with Gasteiger partial charge in [0.1, 0.15) is 9.86 Å². The second kappa shape index (κ2) is 5.50. The first kappa shape index (κ1) is 11.7. The highest BCUT2D eigenvalue weighted by Crippen LogP contribution is 2.30. The first-order chi connectivity index (χ1) is 7.85. The fourth-order valence-corrected chi connectivity index (χ4v) is 3.29. The number of hydrogen-bond acceptors (Lipinski definition) is 5. The standard InChI is InChI=1S/C11H15N3S2/c1-3-4-6-15-9-8-5-7-16-10(8)14-11(12-2)13-9/h5,7H,3-4,6H2,1-2H3,(H,12,13,14). The van der Waals surface area contributed by atoms with Crippen LogP contribution in [0.2, 0.25) is 0 Å². The maximum absolute atomic E-state index is 4.51. The largest absolute Gasteiger partial charge is 0.357 e. The normalized spacial score (nSPS) is 10.9. The minimum absolute atomic E-state index is 0.717. The number of thiophene rings is 1. The Hall–Kier alpha value is -0.810. The van der Waals surface area contributed by atoms with Gasteiger partial charge in [-0.1, -0.05) is 13.3 Å². The molecule has 3 nitrogen and oxygen atoms in total. The highest BCUT2D eigenvalue weighted by Gasteiger charge is 2.08. The molecule has 0 spiro atoms. The van der Waals surface area contributed by atoms with E-state index < -0.39 is 0 Å². The van der Waals surface area contributed by atoms with Crippen LogP contribution in [0.15, 0.2) is 16.5 Å². The van der Waals surface area contributed by atoms with E-state index >= 15 is 0 Å². The maximum Gasteiger partial charge on any atom is 0.224 e. The smallest absolute Gasteiger partial charge is 0.224 e. The molecule has 2 rings (SSSR count). The first-order valence-corrected chi connectivity index (χ1v) is 7.27. The van der Waals surface area contributed by atoms with Crippen molar-refractivity contribution in [1.29, 1.82) is 0 Å². The van der Waals surface area contributed by atoms with E-state index in [1.165, 1.54) is 18.2 Å². The van der Waals surface area contributed by atoms with E-state index in [2.05, 4.69) is 33.7 Å². The Balaban J connectivity index is 2.29. The highest BCUT2D eigenvalue weighted by atomic mass is 32.2. The third-order valence-electron chi connectivity index (χ3n) is 2.25. The number of nitrogens with zero attached hydrogens (tertiary/aromatic N) is 2. The van der Waals surface area contributed by atoms with E-state index in [-0.39, 0.29) is 0 Å². The molecule has 2 aromatic heterocycles. The van der Waals surface area contributed by atoms with E-state index in [9.17, 15) is 0 Å². The van der Waals surface area contributed by atoms with Crippen LogP contribution in [0.1, 0.15) is 19.8 Å². The minimum Gasteiger partial charge on any atom is -0.357 e. The van der Waals surface area contributed by atoms with Gasteiger partial charge in [-0.05, 0) is 23.6 Å². The summed E-state index contributed by atoms with van der Waals surface area (Å²) in [7, 11) is 1.86. The number of unbranched alkanes of at least 4 members (excludes halogenated alkanes) is 1. The average Bonchev–Trinajstić information content (AvgIpc) is 2.77. The second-order valence-corrected chi connectivity index (χ2v) is 5.42. The third kappa shape index (κ3) is 2.47. The summed E-state index contributed by atoms with van der Waals surface area (Å²) < 4.78 is 0. The zero-order valence-corrected chi connectivity index (χ0v) is 11.1. The Morgan fingerprint density at radius 3 is 3.06 bits per heavy atom. The van der Waals surface area contributed by atoms with E-state index in [1.807, 2.05) is 18.8 Å². The molecule has 0 unspecified atom stereocenters. The summed E-state index contributed by atoms with van der Waals surface area (Å²) in [6.07, 6.45) is 2.46. The predicted octanol–water partition coefficient (Wildman–Crippen LogP) is 3.63. The van der Waals surface area contributed by atoms with Crippen molar-refractivity contribution in [3.63, 3.8) is 0 Å². The molecule has 16 heavy (non-hydrogen) atoms. The Kier molecular flexibility index (Phi) is 4.01. The second-order valence-electron chi connectivity index (χ2n) is 3.44. The molecule has 0 saturated carbocycles. The molecule has 0 radical (unpaired) electrons. The van der Waals surface area contributed by atoms with E-state index in [4.69, 9.17) is 0 Å².